The first-order valence-electron chi connectivity index (χ1n) is 6.09. The van der Waals surface area contributed by atoms with Gasteiger partial charge in [-0.15, -0.1) is 11.3 Å². The van der Waals surface area contributed by atoms with Crippen LogP contribution in [-0.2, 0) is 12.6 Å². The summed E-state index contributed by atoms with van der Waals surface area (Å²) in [5, 5.41) is 2.60. The molecule has 0 aliphatic rings. The molecule has 0 aromatic carbocycles. The molecule has 1 unspecified atom stereocenters. The Balaban J connectivity index is 2.55. The zero-order valence-corrected chi connectivity index (χ0v) is 11.7. The van der Waals surface area contributed by atoms with Crippen molar-refractivity contribution in [2.24, 2.45) is 5.92 Å². The fourth-order valence-electron chi connectivity index (χ4n) is 1.79. The fraction of sp³-hybridized carbons (Fsp3) is 0.750. The molecule has 0 saturated heterocycles. The zero-order valence-electron chi connectivity index (χ0n) is 10.8. The highest BCUT2D eigenvalue weighted by Gasteiger charge is 2.34. The number of thiazole rings is 1. The van der Waals surface area contributed by atoms with E-state index in [1.165, 1.54) is 6.20 Å². The standard InChI is InChI=1S/C12H19F3N2S/c1-4-16-10(8(2)3)6-5-9-7-17-11(18-9)12(13,14)15/h7-8,10,16H,4-6H2,1-3H3. The van der Waals surface area contributed by atoms with E-state index in [2.05, 4.69) is 24.1 Å². The molecule has 1 heterocycles. The Morgan fingerprint density at radius 3 is 2.50 bits per heavy atom. The molecule has 6 heteroatoms. The number of aryl methyl sites for hydroxylation is 1. The van der Waals surface area contributed by atoms with Crippen LogP contribution in [0.3, 0.4) is 0 Å². The minimum absolute atomic E-state index is 0.339. The molecule has 1 N–H and O–H groups in total. The smallest absolute Gasteiger partial charge is 0.314 e. The van der Waals surface area contributed by atoms with Gasteiger partial charge >= 0.3 is 6.18 Å². The van der Waals surface area contributed by atoms with Crippen LogP contribution >= 0.6 is 11.3 Å². The lowest BCUT2D eigenvalue weighted by Crippen LogP contribution is -2.33. The number of nitrogens with one attached hydrogen (secondary N) is 1. The van der Waals surface area contributed by atoms with E-state index in [9.17, 15) is 13.2 Å². The third kappa shape index (κ3) is 4.57. The van der Waals surface area contributed by atoms with Crippen LogP contribution in [0.25, 0.3) is 0 Å². The number of hydrogen-bond donors (Lipinski definition) is 1. The van der Waals surface area contributed by atoms with E-state index < -0.39 is 11.2 Å². The van der Waals surface area contributed by atoms with Crippen molar-refractivity contribution in [3.05, 3.63) is 16.1 Å². The van der Waals surface area contributed by atoms with Gasteiger partial charge in [-0.2, -0.15) is 13.2 Å². The highest BCUT2D eigenvalue weighted by molar-refractivity contribution is 7.11. The molecule has 104 valence electrons. The third-order valence-corrected chi connectivity index (χ3v) is 3.87. The van der Waals surface area contributed by atoms with Crippen LogP contribution in [-0.4, -0.2) is 17.6 Å². The average Bonchev–Trinajstić information content (AvgIpc) is 2.71. The molecule has 1 aromatic rings. The van der Waals surface area contributed by atoms with Crippen molar-refractivity contribution in [3.8, 4) is 0 Å². The summed E-state index contributed by atoms with van der Waals surface area (Å²) in [4.78, 5) is 4.13. The number of rotatable bonds is 6. The number of alkyl halides is 3. The minimum Gasteiger partial charge on any atom is -0.314 e. The van der Waals surface area contributed by atoms with Gasteiger partial charge in [0, 0.05) is 17.1 Å². The molecule has 2 nitrogen and oxygen atoms in total. The van der Waals surface area contributed by atoms with Gasteiger partial charge in [0.2, 0.25) is 0 Å². The summed E-state index contributed by atoms with van der Waals surface area (Å²) < 4.78 is 37.2. The van der Waals surface area contributed by atoms with Crippen molar-refractivity contribution < 1.29 is 13.2 Å². The molecule has 0 aliphatic heterocycles. The first-order valence-corrected chi connectivity index (χ1v) is 6.91. The Labute approximate surface area is 110 Å². The van der Waals surface area contributed by atoms with Crippen LogP contribution in [0.5, 0.6) is 0 Å². The zero-order chi connectivity index (χ0) is 13.8. The van der Waals surface area contributed by atoms with Gasteiger partial charge in [0.1, 0.15) is 0 Å². The number of halogens is 3. The predicted molar refractivity (Wildman–Crippen MR) is 67.7 cm³/mol. The Morgan fingerprint density at radius 2 is 2.06 bits per heavy atom. The van der Waals surface area contributed by atoms with Crippen molar-refractivity contribution in [1.82, 2.24) is 10.3 Å². The highest BCUT2D eigenvalue weighted by atomic mass is 32.1. The number of hydrogen-bond acceptors (Lipinski definition) is 3. The molecule has 0 saturated carbocycles. The van der Waals surface area contributed by atoms with E-state index in [4.69, 9.17) is 0 Å². The molecule has 0 amide bonds. The van der Waals surface area contributed by atoms with Gasteiger partial charge in [-0.05, 0) is 25.3 Å². The van der Waals surface area contributed by atoms with E-state index in [0.29, 0.717) is 23.3 Å². The maximum absolute atomic E-state index is 12.4. The van der Waals surface area contributed by atoms with Gasteiger partial charge in [0.15, 0.2) is 5.01 Å². The lowest BCUT2D eigenvalue weighted by Gasteiger charge is -2.21. The minimum atomic E-state index is -4.32. The maximum Gasteiger partial charge on any atom is 0.443 e. The molecular formula is C12H19F3N2S. The lowest BCUT2D eigenvalue weighted by atomic mass is 9.99. The van der Waals surface area contributed by atoms with E-state index in [1.807, 2.05) is 6.92 Å². The van der Waals surface area contributed by atoms with Crippen LogP contribution < -0.4 is 5.32 Å². The van der Waals surface area contributed by atoms with Gasteiger partial charge < -0.3 is 5.32 Å². The molecule has 0 bridgehead atoms. The Bertz CT molecular complexity index is 360. The Hall–Kier alpha value is -0.620. The quantitative estimate of drug-likeness (QED) is 0.859. The first-order chi connectivity index (χ1) is 8.34. The monoisotopic (exact) mass is 280 g/mol. The summed E-state index contributed by atoms with van der Waals surface area (Å²) in [7, 11) is 0. The Morgan fingerprint density at radius 1 is 1.39 bits per heavy atom. The van der Waals surface area contributed by atoms with Gasteiger partial charge in [-0.25, -0.2) is 4.98 Å². The summed E-state index contributed by atoms with van der Waals surface area (Å²) in [6, 6.07) is 0.339. The number of aromatic nitrogens is 1. The van der Waals surface area contributed by atoms with Crippen LogP contribution in [0.1, 0.15) is 37.1 Å². The summed E-state index contributed by atoms with van der Waals surface area (Å²) in [5.74, 6) is 0.472. The number of nitrogens with zero attached hydrogens (tertiary/aromatic N) is 1. The van der Waals surface area contributed by atoms with E-state index >= 15 is 0 Å². The van der Waals surface area contributed by atoms with Gasteiger partial charge in [-0.3, -0.25) is 0 Å². The van der Waals surface area contributed by atoms with Gasteiger partial charge in [-0.1, -0.05) is 20.8 Å². The summed E-state index contributed by atoms with van der Waals surface area (Å²) in [5.41, 5.74) is 0. The molecule has 0 radical (unpaired) electrons. The van der Waals surface area contributed by atoms with Crippen LogP contribution in [0, 0.1) is 5.92 Å². The molecule has 1 rings (SSSR count). The first kappa shape index (κ1) is 15.4. The molecular weight excluding hydrogens is 261 g/mol. The summed E-state index contributed by atoms with van der Waals surface area (Å²) in [6.07, 6.45) is -1.49. The van der Waals surface area contributed by atoms with E-state index in [-0.39, 0.29) is 0 Å². The molecule has 0 spiro atoms. The molecule has 0 aliphatic carbocycles. The average molecular weight is 280 g/mol. The topological polar surface area (TPSA) is 24.9 Å². The van der Waals surface area contributed by atoms with Crippen LogP contribution in [0.2, 0.25) is 0 Å². The molecule has 1 atom stereocenters. The summed E-state index contributed by atoms with van der Waals surface area (Å²) in [6.45, 7) is 7.13. The van der Waals surface area contributed by atoms with Gasteiger partial charge in [0.25, 0.3) is 0 Å². The van der Waals surface area contributed by atoms with E-state index in [0.717, 1.165) is 24.3 Å². The summed E-state index contributed by atoms with van der Waals surface area (Å²) >= 11 is 0.748. The van der Waals surface area contributed by atoms with Crippen molar-refractivity contribution in [2.45, 2.75) is 45.8 Å². The van der Waals surface area contributed by atoms with Crippen molar-refractivity contribution in [2.75, 3.05) is 6.54 Å². The SMILES string of the molecule is CCNC(CCc1cnc(C(F)(F)F)s1)C(C)C. The van der Waals surface area contributed by atoms with Gasteiger partial charge in [0.05, 0.1) is 0 Å². The maximum atomic E-state index is 12.4. The third-order valence-electron chi connectivity index (χ3n) is 2.77. The van der Waals surface area contributed by atoms with Crippen molar-refractivity contribution >= 4 is 11.3 Å². The molecule has 1 aromatic heterocycles. The second-order valence-corrected chi connectivity index (χ2v) is 5.69. The second-order valence-electron chi connectivity index (χ2n) is 4.58. The van der Waals surface area contributed by atoms with Crippen LogP contribution in [0.4, 0.5) is 13.2 Å². The van der Waals surface area contributed by atoms with Crippen molar-refractivity contribution in [1.29, 1.82) is 0 Å². The van der Waals surface area contributed by atoms with Crippen LogP contribution in [0.15, 0.2) is 6.20 Å². The predicted octanol–water partition coefficient (Wildman–Crippen LogP) is 3.73. The Kier molecular flexibility index (Phi) is 5.59. The van der Waals surface area contributed by atoms with E-state index in [1.54, 1.807) is 0 Å². The second kappa shape index (κ2) is 6.52. The highest BCUT2D eigenvalue weighted by Crippen LogP contribution is 2.32. The molecule has 18 heavy (non-hydrogen) atoms. The molecule has 0 fully saturated rings. The largest absolute Gasteiger partial charge is 0.443 e. The van der Waals surface area contributed by atoms with Crippen molar-refractivity contribution in [3.63, 3.8) is 0 Å². The fourth-order valence-corrected chi connectivity index (χ4v) is 2.58. The lowest BCUT2D eigenvalue weighted by molar-refractivity contribution is -0.137. The normalized spacial score (nSPS) is 14.2.